The van der Waals surface area contributed by atoms with Crippen molar-refractivity contribution in [2.24, 2.45) is 0 Å². The van der Waals surface area contributed by atoms with Crippen LogP contribution in [0.15, 0.2) is 35.3 Å². The van der Waals surface area contributed by atoms with Crippen LogP contribution in [0.2, 0.25) is 10.0 Å². The van der Waals surface area contributed by atoms with E-state index in [1.54, 1.807) is 0 Å². The summed E-state index contributed by atoms with van der Waals surface area (Å²) in [6.45, 7) is 0. The van der Waals surface area contributed by atoms with Gasteiger partial charge in [-0.05, 0) is 62.8 Å². The van der Waals surface area contributed by atoms with Gasteiger partial charge in [0.05, 0.1) is 28.9 Å². The molecule has 2 aliphatic rings. The molecule has 2 saturated carbocycles. The molecule has 1 aromatic carbocycles. The molecule has 7 heteroatoms. The van der Waals surface area contributed by atoms with Crippen LogP contribution in [-0.2, 0) is 0 Å². The summed E-state index contributed by atoms with van der Waals surface area (Å²) in [6, 6.07) is 11.1. The van der Waals surface area contributed by atoms with E-state index >= 15 is 0 Å². The van der Waals surface area contributed by atoms with Crippen LogP contribution in [0.25, 0.3) is 0 Å². The molecule has 0 amide bonds. The van der Waals surface area contributed by atoms with Crippen LogP contribution in [0.5, 0.6) is 0 Å². The van der Waals surface area contributed by atoms with Gasteiger partial charge < -0.3 is 4.90 Å². The third-order valence-corrected chi connectivity index (χ3v) is 6.29. The smallest absolute Gasteiger partial charge is 0.287 e. The van der Waals surface area contributed by atoms with E-state index in [-0.39, 0.29) is 21.6 Å². The van der Waals surface area contributed by atoms with Crippen molar-refractivity contribution in [1.29, 1.82) is 5.26 Å². The van der Waals surface area contributed by atoms with Crippen molar-refractivity contribution < 1.29 is 0 Å². The Morgan fingerprint density at radius 1 is 1.04 bits per heavy atom. The van der Waals surface area contributed by atoms with E-state index in [1.165, 1.54) is 29.4 Å². The van der Waals surface area contributed by atoms with Crippen LogP contribution in [0.3, 0.4) is 0 Å². The minimum Gasteiger partial charge on any atom is -0.366 e. The summed E-state index contributed by atoms with van der Waals surface area (Å²) < 4.78 is 1.49. The first-order chi connectivity index (χ1) is 13.1. The lowest BCUT2D eigenvalue weighted by Crippen LogP contribution is -2.41. The minimum atomic E-state index is -0.307. The Labute approximate surface area is 168 Å². The Hall–Kier alpha value is -2.03. The average molecular weight is 403 g/mol. The summed E-state index contributed by atoms with van der Waals surface area (Å²) in [5.41, 5.74) is 1.56. The maximum Gasteiger partial charge on any atom is 0.287 e. The summed E-state index contributed by atoms with van der Waals surface area (Å²) in [5.74, 6) is 0. The van der Waals surface area contributed by atoms with Crippen molar-refractivity contribution in [3.63, 3.8) is 0 Å². The third kappa shape index (κ3) is 3.69. The highest BCUT2D eigenvalue weighted by Gasteiger charge is 2.36. The monoisotopic (exact) mass is 402 g/mol. The summed E-state index contributed by atoms with van der Waals surface area (Å²) in [4.78, 5) is 14.9. The zero-order valence-electron chi connectivity index (χ0n) is 14.8. The first-order valence-corrected chi connectivity index (χ1v) is 10.1. The lowest BCUT2D eigenvalue weighted by Gasteiger charge is -2.39. The number of anilines is 1. The Balaban J connectivity index is 1.49. The summed E-state index contributed by atoms with van der Waals surface area (Å²) in [7, 11) is 0. The fourth-order valence-electron chi connectivity index (χ4n) is 4.05. The van der Waals surface area contributed by atoms with Gasteiger partial charge in [0.25, 0.3) is 5.56 Å². The van der Waals surface area contributed by atoms with Crippen LogP contribution in [-0.4, -0.2) is 21.9 Å². The molecule has 1 heterocycles. The topological polar surface area (TPSA) is 61.9 Å². The van der Waals surface area contributed by atoms with Gasteiger partial charge in [0.1, 0.15) is 5.02 Å². The molecule has 0 spiro atoms. The molecule has 5 nitrogen and oxygen atoms in total. The number of hydrogen-bond donors (Lipinski definition) is 0. The van der Waals surface area contributed by atoms with E-state index in [1.807, 2.05) is 24.3 Å². The number of rotatable bonds is 4. The second kappa shape index (κ2) is 7.53. The first kappa shape index (κ1) is 18.3. The fourth-order valence-corrected chi connectivity index (χ4v) is 4.31. The van der Waals surface area contributed by atoms with Crippen molar-refractivity contribution >= 4 is 28.9 Å². The molecule has 0 unspecified atom stereocenters. The van der Waals surface area contributed by atoms with Crippen molar-refractivity contribution in [3.05, 3.63) is 56.4 Å². The van der Waals surface area contributed by atoms with E-state index in [2.05, 4.69) is 16.1 Å². The van der Waals surface area contributed by atoms with Crippen molar-refractivity contribution in [3.8, 4) is 6.07 Å². The Kier molecular flexibility index (Phi) is 5.12. The molecule has 2 fully saturated rings. The summed E-state index contributed by atoms with van der Waals surface area (Å²) in [5, 5.41) is 13.5. The van der Waals surface area contributed by atoms with Gasteiger partial charge in [-0.3, -0.25) is 4.79 Å². The van der Waals surface area contributed by atoms with Gasteiger partial charge in [-0.2, -0.15) is 10.4 Å². The predicted molar refractivity (Wildman–Crippen MR) is 106 cm³/mol. The first-order valence-electron chi connectivity index (χ1n) is 9.30. The minimum absolute atomic E-state index is 0.0472. The normalized spacial score (nSPS) is 22.3. The molecule has 0 atom stereocenters. The second-order valence-electron chi connectivity index (χ2n) is 7.32. The number of nitrogens with zero attached hydrogens (tertiary/aromatic N) is 4. The molecule has 0 N–H and O–H groups in total. The van der Waals surface area contributed by atoms with Gasteiger partial charge in [-0.1, -0.05) is 23.2 Å². The number of benzene rings is 1. The third-order valence-electron chi connectivity index (χ3n) is 5.54. The van der Waals surface area contributed by atoms with E-state index in [0.717, 1.165) is 25.7 Å². The molecule has 2 aliphatic carbocycles. The highest BCUT2D eigenvalue weighted by atomic mass is 35.5. The zero-order valence-corrected chi connectivity index (χ0v) is 16.3. The van der Waals surface area contributed by atoms with Crippen LogP contribution < -0.4 is 10.5 Å². The van der Waals surface area contributed by atoms with Gasteiger partial charge in [-0.15, -0.1) is 0 Å². The highest BCUT2D eigenvalue weighted by Crippen LogP contribution is 2.39. The molecular weight excluding hydrogens is 383 g/mol. The Bertz CT molecular complexity index is 922. The van der Waals surface area contributed by atoms with Crippen molar-refractivity contribution in [2.45, 2.75) is 56.7 Å². The summed E-state index contributed by atoms with van der Waals surface area (Å²) in [6.07, 6.45) is 7.64. The van der Waals surface area contributed by atoms with Crippen LogP contribution in [0.4, 0.5) is 5.69 Å². The molecule has 0 bridgehead atoms. The second-order valence-corrected chi connectivity index (χ2v) is 8.10. The lowest BCUT2D eigenvalue weighted by molar-refractivity contribution is 0.286. The maximum atomic E-state index is 12.4. The van der Waals surface area contributed by atoms with Crippen LogP contribution in [0, 0.1) is 11.3 Å². The van der Waals surface area contributed by atoms with Gasteiger partial charge >= 0.3 is 0 Å². The zero-order chi connectivity index (χ0) is 19.0. The molecule has 27 heavy (non-hydrogen) atoms. The van der Waals surface area contributed by atoms with Crippen LogP contribution >= 0.6 is 23.2 Å². The van der Waals surface area contributed by atoms with E-state index in [0.29, 0.717) is 17.6 Å². The average Bonchev–Trinajstić information content (AvgIpc) is 3.53. The van der Waals surface area contributed by atoms with Gasteiger partial charge in [0.15, 0.2) is 0 Å². The fraction of sp³-hybridized carbons (Fsp3) is 0.450. The van der Waals surface area contributed by atoms with Gasteiger partial charge in [0, 0.05) is 17.8 Å². The number of hydrogen-bond acceptors (Lipinski definition) is 4. The SMILES string of the molecule is N#Cc1ccc(N(C2CC2)[C@H]2CC[C@@H](n3ncc(Cl)c(Cl)c3=O)CC2)cc1. The molecular formula is C20H20Cl2N4O. The standard InChI is InChI=1S/C20H20Cl2N4O/c21-18-12-24-26(20(27)19(18)22)17-9-7-16(8-10-17)25(15-5-6-15)14-3-1-13(11-23)2-4-14/h1-4,12,15-17H,5-10H2/t16-,17+. The van der Waals surface area contributed by atoms with E-state index in [4.69, 9.17) is 28.5 Å². The molecule has 0 saturated heterocycles. The highest BCUT2D eigenvalue weighted by molar-refractivity contribution is 6.41. The van der Waals surface area contributed by atoms with Gasteiger partial charge in [0.2, 0.25) is 0 Å². The molecule has 2 aromatic rings. The molecule has 140 valence electrons. The quantitative estimate of drug-likeness (QED) is 0.750. The summed E-state index contributed by atoms with van der Waals surface area (Å²) >= 11 is 11.9. The van der Waals surface area contributed by atoms with Crippen LogP contribution in [0.1, 0.15) is 50.1 Å². The molecule has 0 radical (unpaired) electrons. The number of halogens is 2. The number of nitriles is 1. The number of aromatic nitrogens is 2. The van der Waals surface area contributed by atoms with Crippen molar-refractivity contribution in [2.75, 3.05) is 4.90 Å². The largest absolute Gasteiger partial charge is 0.366 e. The Morgan fingerprint density at radius 2 is 1.63 bits per heavy atom. The van der Waals surface area contributed by atoms with E-state index in [9.17, 15) is 4.79 Å². The maximum absolute atomic E-state index is 12.4. The Morgan fingerprint density at radius 3 is 2.19 bits per heavy atom. The molecule has 1 aromatic heterocycles. The van der Waals surface area contributed by atoms with Gasteiger partial charge in [-0.25, -0.2) is 4.68 Å². The lowest BCUT2D eigenvalue weighted by atomic mass is 9.89. The molecule has 4 rings (SSSR count). The van der Waals surface area contributed by atoms with E-state index < -0.39 is 0 Å². The molecule has 0 aliphatic heterocycles. The predicted octanol–water partition coefficient (Wildman–Crippen LogP) is 4.57. The van der Waals surface area contributed by atoms with Crippen molar-refractivity contribution in [1.82, 2.24) is 9.78 Å².